The predicted octanol–water partition coefficient (Wildman–Crippen LogP) is 0.991. The number of primary amides is 1. The number of nitrogens with one attached hydrogen (secondary N) is 1. The molecule has 0 saturated heterocycles. The van der Waals surface area contributed by atoms with Gasteiger partial charge >= 0.3 is 6.03 Å². The van der Waals surface area contributed by atoms with E-state index in [0.29, 0.717) is 5.69 Å². The molecule has 0 fully saturated rings. The fourth-order valence-electron chi connectivity index (χ4n) is 1.47. The van der Waals surface area contributed by atoms with Crippen molar-refractivity contribution in [1.29, 1.82) is 0 Å². The first-order valence-corrected chi connectivity index (χ1v) is 5.32. The van der Waals surface area contributed by atoms with E-state index in [2.05, 4.69) is 10.3 Å². The molecule has 1 aromatic heterocycles. The van der Waals surface area contributed by atoms with Gasteiger partial charge in [-0.15, -0.1) is 0 Å². The number of aromatic nitrogens is 2. The Morgan fingerprint density at radius 1 is 1.28 bits per heavy atom. The van der Waals surface area contributed by atoms with Gasteiger partial charge in [0.15, 0.2) is 0 Å². The average molecular weight is 244 g/mol. The van der Waals surface area contributed by atoms with Gasteiger partial charge in [0.2, 0.25) is 5.91 Å². The average Bonchev–Trinajstić information content (AvgIpc) is 2.84. The first kappa shape index (κ1) is 11.8. The minimum Gasteiger partial charge on any atom is -0.369 e. The van der Waals surface area contributed by atoms with Crippen molar-refractivity contribution in [2.45, 2.75) is 6.42 Å². The third kappa shape index (κ3) is 2.94. The number of carbonyl (C=O) groups is 2. The summed E-state index contributed by atoms with van der Waals surface area (Å²) in [6.07, 6.45) is 4.68. The summed E-state index contributed by atoms with van der Waals surface area (Å²) in [6, 6.07) is 6.62. The lowest BCUT2D eigenvalue weighted by Gasteiger charge is -2.05. The van der Waals surface area contributed by atoms with Crippen LogP contribution in [-0.4, -0.2) is 21.5 Å². The number of nitrogens with zero attached hydrogens (tertiary/aromatic N) is 2. The zero-order valence-corrected chi connectivity index (χ0v) is 9.54. The highest BCUT2D eigenvalue weighted by Crippen LogP contribution is 2.10. The zero-order chi connectivity index (χ0) is 13.0. The number of hydrogen-bond acceptors (Lipinski definition) is 3. The number of hydrogen-bond donors (Lipinski definition) is 2. The van der Waals surface area contributed by atoms with Gasteiger partial charge in [0, 0.05) is 18.1 Å². The molecule has 0 aliphatic rings. The summed E-state index contributed by atoms with van der Waals surface area (Å²) in [5, 5.41) is 2.69. The highest BCUT2D eigenvalue weighted by molar-refractivity contribution is 5.90. The van der Waals surface area contributed by atoms with Crippen molar-refractivity contribution in [3.8, 4) is 0 Å². The van der Waals surface area contributed by atoms with Crippen LogP contribution in [-0.2, 0) is 11.2 Å². The molecule has 0 saturated carbocycles. The second-order valence-electron chi connectivity index (χ2n) is 3.74. The second-order valence-corrected chi connectivity index (χ2v) is 3.74. The monoisotopic (exact) mass is 244 g/mol. The standard InChI is InChI=1S/C12H12N4O2/c13-11(17)7-9-1-3-10(4-2-9)15-12(18)16-6-5-14-8-16/h1-6,8H,7H2,(H2,13,17)(H,15,18). The Morgan fingerprint density at radius 3 is 2.56 bits per heavy atom. The Balaban J connectivity index is 2.02. The number of imidazole rings is 1. The maximum Gasteiger partial charge on any atom is 0.331 e. The summed E-state index contributed by atoms with van der Waals surface area (Å²) in [6.45, 7) is 0. The molecule has 92 valence electrons. The third-order valence-electron chi connectivity index (χ3n) is 2.32. The zero-order valence-electron chi connectivity index (χ0n) is 9.54. The molecule has 1 aromatic carbocycles. The summed E-state index contributed by atoms with van der Waals surface area (Å²) in [5.41, 5.74) is 6.54. The van der Waals surface area contributed by atoms with Crippen LogP contribution in [0.2, 0.25) is 0 Å². The molecule has 0 radical (unpaired) electrons. The lowest BCUT2D eigenvalue weighted by atomic mass is 10.1. The number of amides is 2. The quantitative estimate of drug-likeness (QED) is 0.843. The van der Waals surface area contributed by atoms with Crippen LogP contribution in [0.3, 0.4) is 0 Å². The van der Waals surface area contributed by atoms with E-state index in [0.717, 1.165) is 5.56 Å². The summed E-state index contributed by atoms with van der Waals surface area (Å²) >= 11 is 0. The minimum atomic E-state index is -0.384. The van der Waals surface area contributed by atoms with Crippen LogP contribution in [0.25, 0.3) is 0 Å². The van der Waals surface area contributed by atoms with Crippen molar-refractivity contribution in [3.05, 3.63) is 48.5 Å². The van der Waals surface area contributed by atoms with E-state index < -0.39 is 0 Å². The number of rotatable bonds is 3. The Hall–Kier alpha value is -2.63. The van der Waals surface area contributed by atoms with E-state index in [4.69, 9.17) is 5.73 Å². The van der Waals surface area contributed by atoms with Gasteiger partial charge in [-0.1, -0.05) is 12.1 Å². The Labute approximate surface area is 103 Å². The van der Waals surface area contributed by atoms with Crippen LogP contribution in [0.4, 0.5) is 10.5 Å². The molecule has 0 spiro atoms. The fourth-order valence-corrected chi connectivity index (χ4v) is 1.47. The minimum absolute atomic E-state index is 0.190. The second kappa shape index (κ2) is 5.13. The molecule has 6 nitrogen and oxygen atoms in total. The maximum absolute atomic E-state index is 11.7. The molecular weight excluding hydrogens is 232 g/mol. The van der Waals surface area contributed by atoms with Gasteiger partial charge in [-0.25, -0.2) is 9.78 Å². The maximum atomic E-state index is 11.7. The first-order valence-electron chi connectivity index (χ1n) is 5.32. The van der Waals surface area contributed by atoms with Gasteiger partial charge in [0.05, 0.1) is 6.42 Å². The summed E-state index contributed by atoms with van der Waals surface area (Å²) in [5.74, 6) is -0.384. The number of benzene rings is 1. The van der Waals surface area contributed by atoms with Crippen LogP contribution >= 0.6 is 0 Å². The predicted molar refractivity (Wildman–Crippen MR) is 66.0 cm³/mol. The lowest BCUT2D eigenvalue weighted by molar-refractivity contribution is -0.117. The number of nitrogens with two attached hydrogens (primary N) is 1. The molecule has 2 rings (SSSR count). The highest BCUT2D eigenvalue weighted by atomic mass is 16.2. The van der Waals surface area contributed by atoms with E-state index in [1.165, 1.54) is 17.1 Å². The van der Waals surface area contributed by atoms with Crippen molar-refractivity contribution in [2.75, 3.05) is 5.32 Å². The van der Waals surface area contributed by atoms with Crippen LogP contribution in [0.1, 0.15) is 5.56 Å². The van der Waals surface area contributed by atoms with E-state index in [1.807, 2.05) is 0 Å². The van der Waals surface area contributed by atoms with Crippen LogP contribution < -0.4 is 11.1 Å². The molecule has 6 heteroatoms. The molecule has 0 atom stereocenters. The molecule has 3 N–H and O–H groups in total. The SMILES string of the molecule is NC(=O)Cc1ccc(NC(=O)n2ccnc2)cc1. The van der Waals surface area contributed by atoms with E-state index in [1.54, 1.807) is 30.5 Å². The molecule has 0 unspecified atom stereocenters. The molecule has 18 heavy (non-hydrogen) atoms. The molecule has 2 aromatic rings. The van der Waals surface area contributed by atoms with Gasteiger partial charge in [-0.2, -0.15) is 0 Å². The smallest absolute Gasteiger partial charge is 0.331 e. The van der Waals surface area contributed by atoms with Crippen molar-refractivity contribution in [1.82, 2.24) is 9.55 Å². The lowest BCUT2D eigenvalue weighted by Crippen LogP contribution is -2.18. The van der Waals surface area contributed by atoms with E-state index in [-0.39, 0.29) is 18.4 Å². The number of anilines is 1. The van der Waals surface area contributed by atoms with Gasteiger partial charge in [0.1, 0.15) is 6.33 Å². The first-order chi connectivity index (χ1) is 8.65. The Bertz CT molecular complexity index is 546. The van der Waals surface area contributed by atoms with Crippen molar-refractivity contribution >= 4 is 17.6 Å². The molecular formula is C12H12N4O2. The third-order valence-corrected chi connectivity index (χ3v) is 2.32. The van der Waals surface area contributed by atoms with Crippen molar-refractivity contribution in [2.24, 2.45) is 5.73 Å². The Morgan fingerprint density at radius 2 is 2.00 bits per heavy atom. The van der Waals surface area contributed by atoms with Crippen LogP contribution in [0.5, 0.6) is 0 Å². The van der Waals surface area contributed by atoms with Gasteiger partial charge in [-0.05, 0) is 17.7 Å². The Kier molecular flexibility index (Phi) is 3.38. The van der Waals surface area contributed by atoms with Crippen LogP contribution in [0, 0.1) is 0 Å². The molecule has 0 bridgehead atoms. The summed E-state index contributed by atoms with van der Waals surface area (Å²) < 4.78 is 1.33. The van der Waals surface area contributed by atoms with Crippen LogP contribution in [0.15, 0.2) is 43.0 Å². The van der Waals surface area contributed by atoms with E-state index >= 15 is 0 Å². The van der Waals surface area contributed by atoms with Crippen molar-refractivity contribution in [3.63, 3.8) is 0 Å². The number of carbonyl (C=O) groups excluding carboxylic acids is 2. The van der Waals surface area contributed by atoms with Gasteiger partial charge in [-0.3, -0.25) is 9.36 Å². The summed E-state index contributed by atoms with van der Waals surface area (Å²) in [7, 11) is 0. The largest absolute Gasteiger partial charge is 0.369 e. The van der Waals surface area contributed by atoms with Gasteiger partial charge < -0.3 is 11.1 Å². The normalized spacial score (nSPS) is 10.0. The molecule has 0 aliphatic carbocycles. The van der Waals surface area contributed by atoms with Gasteiger partial charge in [0.25, 0.3) is 0 Å². The molecule has 0 aliphatic heterocycles. The molecule has 1 heterocycles. The fraction of sp³-hybridized carbons (Fsp3) is 0.0833. The van der Waals surface area contributed by atoms with E-state index in [9.17, 15) is 9.59 Å². The highest BCUT2D eigenvalue weighted by Gasteiger charge is 2.04. The topological polar surface area (TPSA) is 90.0 Å². The molecule has 2 amide bonds. The summed E-state index contributed by atoms with van der Waals surface area (Å²) in [4.78, 5) is 26.2. The van der Waals surface area contributed by atoms with Crippen molar-refractivity contribution < 1.29 is 9.59 Å².